The number of fused-ring (bicyclic) bond motifs is 1. The third-order valence-corrected chi connectivity index (χ3v) is 9.61. The Labute approximate surface area is 251 Å². The van der Waals surface area contributed by atoms with Crippen molar-refractivity contribution in [2.45, 2.75) is 63.1 Å². The van der Waals surface area contributed by atoms with E-state index in [1.807, 2.05) is 31.2 Å². The molecule has 1 atom stereocenters. The lowest BCUT2D eigenvalue weighted by Crippen LogP contribution is -2.52. The van der Waals surface area contributed by atoms with Gasteiger partial charge in [0, 0.05) is 18.7 Å². The Morgan fingerprint density at radius 2 is 1.60 bits per heavy atom. The van der Waals surface area contributed by atoms with Gasteiger partial charge in [-0.05, 0) is 68.7 Å². The van der Waals surface area contributed by atoms with Gasteiger partial charge in [0.05, 0.1) is 10.6 Å². The number of nitrogens with zero attached hydrogens (tertiary/aromatic N) is 2. The number of hydrogen-bond acceptors (Lipinski definition) is 6. The number of carbonyl (C=O) groups excluding carboxylic acids is 2. The monoisotopic (exact) mass is 609 g/mol. The summed E-state index contributed by atoms with van der Waals surface area (Å²) < 4.78 is 54.1. The third kappa shape index (κ3) is 7.10. The molecule has 1 fully saturated rings. The molecule has 43 heavy (non-hydrogen) atoms. The van der Waals surface area contributed by atoms with Crippen LogP contribution in [0.5, 0.6) is 11.5 Å². The second-order valence-corrected chi connectivity index (χ2v) is 12.8. The SMILES string of the molecule is Cc1ccc(CN(C(=O)CN(c2ccc(F)cc2)S(=O)(=O)c2ccc3c(c2)OCCO3)[C@H](C)C(=O)NC2CCCC2)cc1. The van der Waals surface area contributed by atoms with Crippen LogP contribution in [0.2, 0.25) is 0 Å². The molecule has 1 heterocycles. The molecule has 0 bridgehead atoms. The summed E-state index contributed by atoms with van der Waals surface area (Å²) in [6.45, 7) is 3.70. The molecule has 1 aliphatic carbocycles. The highest BCUT2D eigenvalue weighted by molar-refractivity contribution is 7.92. The lowest BCUT2D eigenvalue weighted by Gasteiger charge is -2.32. The molecule has 2 amide bonds. The molecule has 1 N–H and O–H groups in total. The second-order valence-electron chi connectivity index (χ2n) is 11.0. The van der Waals surface area contributed by atoms with Gasteiger partial charge >= 0.3 is 0 Å². The molecule has 1 aliphatic heterocycles. The van der Waals surface area contributed by atoms with E-state index in [-0.39, 0.29) is 41.4 Å². The van der Waals surface area contributed by atoms with E-state index < -0.39 is 34.3 Å². The van der Waals surface area contributed by atoms with E-state index in [0.29, 0.717) is 12.4 Å². The summed E-state index contributed by atoms with van der Waals surface area (Å²) in [5.74, 6) is -0.739. The Balaban J connectivity index is 1.48. The molecular weight excluding hydrogens is 573 g/mol. The smallest absolute Gasteiger partial charge is 0.264 e. The Bertz CT molecular complexity index is 1560. The Morgan fingerprint density at radius 3 is 2.28 bits per heavy atom. The first kappa shape index (κ1) is 30.3. The van der Waals surface area contributed by atoms with Gasteiger partial charge in [0.15, 0.2) is 11.5 Å². The van der Waals surface area contributed by atoms with Crippen LogP contribution in [0, 0.1) is 12.7 Å². The van der Waals surface area contributed by atoms with Crippen molar-refractivity contribution >= 4 is 27.5 Å². The van der Waals surface area contributed by atoms with Gasteiger partial charge in [-0.1, -0.05) is 42.7 Å². The molecule has 0 spiro atoms. The highest BCUT2D eigenvalue weighted by atomic mass is 32.2. The van der Waals surface area contributed by atoms with Crippen molar-refractivity contribution in [2.24, 2.45) is 0 Å². The standard InChI is InChI=1S/C32H36FN3O6S/c1-22-7-9-24(10-8-22)20-35(23(2)32(38)34-26-5-3-4-6-26)31(37)21-36(27-13-11-25(33)12-14-27)43(39,40)28-15-16-29-30(19-28)42-18-17-41-29/h7-16,19,23,26H,3-6,17-18,20-21H2,1-2H3,(H,34,38)/t23-/m1/s1. The van der Waals surface area contributed by atoms with E-state index in [1.165, 1.54) is 35.2 Å². The van der Waals surface area contributed by atoms with Crippen molar-refractivity contribution < 1.29 is 31.9 Å². The average molecular weight is 610 g/mol. The lowest BCUT2D eigenvalue weighted by molar-refractivity contribution is -0.139. The maximum atomic E-state index is 14.1. The van der Waals surface area contributed by atoms with Gasteiger partial charge < -0.3 is 19.7 Å². The van der Waals surface area contributed by atoms with Gasteiger partial charge in [0.1, 0.15) is 31.6 Å². The fourth-order valence-corrected chi connectivity index (χ4v) is 6.74. The largest absolute Gasteiger partial charge is 0.486 e. The van der Waals surface area contributed by atoms with Crippen molar-refractivity contribution in [3.63, 3.8) is 0 Å². The molecule has 0 aromatic heterocycles. The number of nitrogens with one attached hydrogen (secondary N) is 1. The highest BCUT2D eigenvalue weighted by Crippen LogP contribution is 2.34. The van der Waals surface area contributed by atoms with E-state index in [0.717, 1.165) is 53.2 Å². The molecule has 3 aromatic rings. The minimum absolute atomic E-state index is 0.0533. The first-order valence-electron chi connectivity index (χ1n) is 14.4. The van der Waals surface area contributed by atoms with Gasteiger partial charge in [-0.15, -0.1) is 0 Å². The van der Waals surface area contributed by atoms with Crippen LogP contribution in [0.3, 0.4) is 0 Å². The molecule has 228 valence electrons. The molecule has 5 rings (SSSR count). The molecule has 0 radical (unpaired) electrons. The van der Waals surface area contributed by atoms with Gasteiger partial charge in [-0.25, -0.2) is 12.8 Å². The second kappa shape index (κ2) is 13.0. The summed E-state index contributed by atoms with van der Waals surface area (Å²) in [7, 11) is -4.34. The first-order valence-corrected chi connectivity index (χ1v) is 15.9. The molecule has 0 unspecified atom stereocenters. The summed E-state index contributed by atoms with van der Waals surface area (Å²) in [6, 6.07) is 15.9. The zero-order valence-corrected chi connectivity index (χ0v) is 25.1. The Hall–Kier alpha value is -4.12. The molecule has 9 nitrogen and oxygen atoms in total. The van der Waals surface area contributed by atoms with Crippen molar-refractivity contribution in [1.29, 1.82) is 0 Å². The highest BCUT2D eigenvalue weighted by Gasteiger charge is 2.34. The van der Waals surface area contributed by atoms with Crippen LogP contribution >= 0.6 is 0 Å². The number of amides is 2. The third-order valence-electron chi connectivity index (χ3n) is 7.84. The number of rotatable bonds is 10. The van der Waals surface area contributed by atoms with E-state index >= 15 is 0 Å². The zero-order chi connectivity index (χ0) is 30.6. The number of hydrogen-bond donors (Lipinski definition) is 1. The summed E-state index contributed by atoms with van der Waals surface area (Å²) in [6.07, 6.45) is 3.85. The number of halogens is 1. The van der Waals surface area contributed by atoms with Crippen molar-refractivity contribution in [2.75, 3.05) is 24.1 Å². The predicted octanol–water partition coefficient (Wildman–Crippen LogP) is 4.58. The molecule has 0 saturated heterocycles. The van der Waals surface area contributed by atoms with Crippen LogP contribution in [-0.2, 0) is 26.2 Å². The predicted molar refractivity (Wildman–Crippen MR) is 160 cm³/mol. The topological polar surface area (TPSA) is 105 Å². The number of anilines is 1. The van der Waals surface area contributed by atoms with Crippen molar-refractivity contribution in [1.82, 2.24) is 10.2 Å². The zero-order valence-electron chi connectivity index (χ0n) is 24.3. The van der Waals surface area contributed by atoms with Crippen molar-refractivity contribution in [3.05, 3.63) is 83.7 Å². The quantitative estimate of drug-likeness (QED) is 0.361. The molecular formula is C32H36FN3O6S. The molecule has 11 heteroatoms. The number of carbonyl (C=O) groups is 2. The number of benzene rings is 3. The fourth-order valence-electron chi connectivity index (χ4n) is 5.31. The molecule has 3 aromatic carbocycles. The number of ether oxygens (including phenoxy) is 2. The van der Waals surface area contributed by atoms with Gasteiger partial charge in [0.2, 0.25) is 11.8 Å². The minimum Gasteiger partial charge on any atom is -0.486 e. The van der Waals surface area contributed by atoms with Crippen LogP contribution in [0.25, 0.3) is 0 Å². The molecule has 1 saturated carbocycles. The van der Waals surface area contributed by atoms with Crippen LogP contribution in [0.15, 0.2) is 71.6 Å². The van der Waals surface area contributed by atoms with Crippen LogP contribution in [-0.4, -0.2) is 57.0 Å². The Morgan fingerprint density at radius 1 is 0.953 bits per heavy atom. The minimum atomic E-state index is -4.34. The summed E-state index contributed by atoms with van der Waals surface area (Å²) in [5.41, 5.74) is 1.94. The number of sulfonamides is 1. The van der Waals surface area contributed by atoms with Gasteiger partial charge in [-0.2, -0.15) is 0 Å². The van der Waals surface area contributed by atoms with Crippen LogP contribution in [0.1, 0.15) is 43.7 Å². The van der Waals surface area contributed by atoms with Crippen LogP contribution in [0.4, 0.5) is 10.1 Å². The first-order chi connectivity index (χ1) is 20.6. The van der Waals surface area contributed by atoms with E-state index in [9.17, 15) is 22.4 Å². The van der Waals surface area contributed by atoms with Gasteiger partial charge in [-0.3, -0.25) is 13.9 Å². The number of aryl methyl sites for hydroxylation is 1. The molecule has 2 aliphatic rings. The van der Waals surface area contributed by atoms with Crippen molar-refractivity contribution in [3.8, 4) is 11.5 Å². The van der Waals surface area contributed by atoms with E-state index in [2.05, 4.69) is 5.32 Å². The normalized spacial score (nSPS) is 15.5. The average Bonchev–Trinajstić information content (AvgIpc) is 3.52. The Kier molecular flexibility index (Phi) is 9.19. The fraction of sp³-hybridized carbons (Fsp3) is 0.375. The lowest BCUT2D eigenvalue weighted by atomic mass is 10.1. The van der Waals surface area contributed by atoms with E-state index in [4.69, 9.17) is 9.47 Å². The summed E-state index contributed by atoms with van der Waals surface area (Å²) >= 11 is 0. The maximum absolute atomic E-state index is 14.1. The maximum Gasteiger partial charge on any atom is 0.264 e. The van der Waals surface area contributed by atoms with E-state index in [1.54, 1.807) is 6.92 Å². The summed E-state index contributed by atoms with van der Waals surface area (Å²) in [5, 5.41) is 3.05. The van der Waals surface area contributed by atoms with Gasteiger partial charge in [0.25, 0.3) is 10.0 Å². The summed E-state index contributed by atoms with van der Waals surface area (Å²) in [4.78, 5) is 28.7. The van der Waals surface area contributed by atoms with Crippen LogP contribution < -0.4 is 19.1 Å².